The highest BCUT2D eigenvalue weighted by atomic mass is 35.5. The van der Waals surface area contributed by atoms with Gasteiger partial charge in [0.1, 0.15) is 5.75 Å². The summed E-state index contributed by atoms with van der Waals surface area (Å²) in [5.74, 6) is 0.924. The van der Waals surface area contributed by atoms with Gasteiger partial charge in [-0.2, -0.15) is 4.99 Å². The molecule has 0 aliphatic heterocycles. The van der Waals surface area contributed by atoms with Crippen LogP contribution >= 0.6 is 22.9 Å². The molecule has 0 atom stereocenters. The molecule has 138 valence electrons. The summed E-state index contributed by atoms with van der Waals surface area (Å²) in [6, 6.07) is 14.0. The van der Waals surface area contributed by atoms with Gasteiger partial charge in [0, 0.05) is 5.02 Å². The van der Waals surface area contributed by atoms with Crippen LogP contribution in [0.5, 0.6) is 0 Å². The number of hydrogen-bond acceptors (Lipinski definition) is 4. The SMILES string of the molecule is C#CCn1c(=NC(=O)CS(=O)(=O)Cc2ccccc2)sc2cc(Cl)ccc21. The van der Waals surface area contributed by atoms with Gasteiger partial charge in [0.2, 0.25) is 0 Å². The first kappa shape index (κ1) is 19.4. The van der Waals surface area contributed by atoms with Crippen LogP contribution in [-0.2, 0) is 26.9 Å². The molecule has 2 aromatic carbocycles. The number of carbonyl (C=O) groups is 1. The Balaban J connectivity index is 1.91. The summed E-state index contributed by atoms with van der Waals surface area (Å²) in [7, 11) is -3.63. The van der Waals surface area contributed by atoms with Crippen molar-refractivity contribution >= 4 is 48.9 Å². The van der Waals surface area contributed by atoms with Gasteiger partial charge < -0.3 is 4.57 Å². The number of halogens is 1. The van der Waals surface area contributed by atoms with Crippen LogP contribution in [0.4, 0.5) is 0 Å². The minimum atomic E-state index is -3.63. The van der Waals surface area contributed by atoms with Crippen LogP contribution in [0.15, 0.2) is 53.5 Å². The molecule has 8 heteroatoms. The van der Waals surface area contributed by atoms with E-state index >= 15 is 0 Å². The van der Waals surface area contributed by atoms with E-state index in [0.717, 1.165) is 10.2 Å². The summed E-state index contributed by atoms with van der Waals surface area (Å²) < 4.78 is 27.1. The molecule has 1 aromatic heterocycles. The lowest BCUT2D eigenvalue weighted by atomic mass is 10.2. The third-order valence-electron chi connectivity index (χ3n) is 3.69. The molecule has 0 spiro atoms. The second-order valence-corrected chi connectivity index (χ2v) is 9.32. The molecule has 0 fully saturated rings. The second kappa shape index (κ2) is 8.09. The number of rotatable bonds is 5. The van der Waals surface area contributed by atoms with E-state index in [-0.39, 0.29) is 12.3 Å². The van der Waals surface area contributed by atoms with Gasteiger partial charge in [-0.25, -0.2) is 8.42 Å². The second-order valence-electron chi connectivity index (χ2n) is 5.81. The van der Waals surface area contributed by atoms with Crippen LogP contribution in [-0.4, -0.2) is 24.6 Å². The number of aromatic nitrogens is 1. The van der Waals surface area contributed by atoms with Crippen LogP contribution in [0.3, 0.4) is 0 Å². The average molecular weight is 419 g/mol. The lowest BCUT2D eigenvalue weighted by Gasteiger charge is -2.02. The zero-order chi connectivity index (χ0) is 19.4. The number of sulfone groups is 1. The minimum absolute atomic E-state index is 0.207. The smallest absolute Gasteiger partial charge is 0.263 e. The van der Waals surface area contributed by atoms with Crippen LogP contribution in [0.25, 0.3) is 10.2 Å². The lowest BCUT2D eigenvalue weighted by molar-refractivity contribution is -0.115. The monoisotopic (exact) mass is 418 g/mol. The van der Waals surface area contributed by atoms with Crippen molar-refractivity contribution in [3.05, 3.63) is 63.9 Å². The molecule has 0 aliphatic rings. The summed E-state index contributed by atoms with van der Waals surface area (Å²) in [4.78, 5) is 16.6. The first-order valence-electron chi connectivity index (χ1n) is 7.92. The number of amides is 1. The highest BCUT2D eigenvalue weighted by Gasteiger charge is 2.17. The Labute approximate surface area is 165 Å². The fourth-order valence-electron chi connectivity index (χ4n) is 2.58. The largest absolute Gasteiger partial charge is 0.305 e. The molecule has 3 rings (SSSR count). The first-order valence-corrected chi connectivity index (χ1v) is 10.9. The first-order chi connectivity index (χ1) is 12.9. The minimum Gasteiger partial charge on any atom is -0.305 e. The van der Waals surface area contributed by atoms with E-state index in [1.165, 1.54) is 11.3 Å². The molecule has 1 amide bonds. The van der Waals surface area contributed by atoms with Gasteiger partial charge in [0.25, 0.3) is 5.91 Å². The van der Waals surface area contributed by atoms with Gasteiger partial charge in [0.15, 0.2) is 14.6 Å². The van der Waals surface area contributed by atoms with E-state index in [2.05, 4.69) is 10.9 Å². The van der Waals surface area contributed by atoms with Crippen molar-refractivity contribution in [1.82, 2.24) is 4.57 Å². The number of thiazole rings is 1. The number of fused-ring (bicyclic) bond motifs is 1. The molecule has 0 unspecified atom stereocenters. The molecule has 5 nitrogen and oxygen atoms in total. The number of hydrogen-bond donors (Lipinski definition) is 0. The molecule has 0 saturated heterocycles. The summed E-state index contributed by atoms with van der Waals surface area (Å²) >= 11 is 7.24. The molecular weight excluding hydrogens is 404 g/mol. The number of benzene rings is 2. The van der Waals surface area contributed by atoms with Crippen LogP contribution < -0.4 is 4.80 Å². The summed E-state index contributed by atoms with van der Waals surface area (Å²) in [5.41, 5.74) is 1.42. The predicted octanol–water partition coefficient (Wildman–Crippen LogP) is 3.03. The van der Waals surface area contributed by atoms with Crippen molar-refractivity contribution in [3.8, 4) is 12.3 Å². The highest BCUT2D eigenvalue weighted by molar-refractivity contribution is 7.91. The molecule has 1 heterocycles. The summed E-state index contributed by atoms with van der Waals surface area (Å²) in [6.45, 7) is 0.213. The fraction of sp³-hybridized carbons (Fsp3) is 0.158. The van der Waals surface area contributed by atoms with E-state index in [1.54, 1.807) is 53.1 Å². The van der Waals surface area contributed by atoms with Gasteiger partial charge in [-0.05, 0) is 23.8 Å². The topological polar surface area (TPSA) is 68.5 Å². The van der Waals surface area contributed by atoms with E-state index in [4.69, 9.17) is 18.0 Å². The zero-order valence-electron chi connectivity index (χ0n) is 14.1. The molecule has 0 N–H and O–H groups in total. The van der Waals surface area contributed by atoms with Gasteiger partial charge in [0.05, 0.1) is 22.5 Å². The molecule has 0 saturated carbocycles. The number of terminal acetylenes is 1. The molecule has 0 radical (unpaired) electrons. The lowest BCUT2D eigenvalue weighted by Crippen LogP contribution is -2.21. The van der Waals surface area contributed by atoms with Gasteiger partial charge in [-0.15, -0.1) is 6.42 Å². The van der Waals surface area contributed by atoms with Crippen molar-refractivity contribution in [3.63, 3.8) is 0 Å². The van der Waals surface area contributed by atoms with E-state index in [0.29, 0.717) is 15.4 Å². The molecular formula is C19H15ClN2O3S2. The van der Waals surface area contributed by atoms with Crippen LogP contribution in [0.1, 0.15) is 5.56 Å². The van der Waals surface area contributed by atoms with E-state index in [9.17, 15) is 13.2 Å². The summed E-state index contributed by atoms with van der Waals surface area (Å²) in [5, 5.41) is 0.555. The summed E-state index contributed by atoms with van der Waals surface area (Å²) in [6.07, 6.45) is 5.41. The Bertz CT molecular complexity index is 1200. The Morgan fingerprint density at radius 1 is 1.22 bits per heavy atom. The van der Waals surface area contributed by atoms with Crippen LogP contribution in [0, 0.1) is 12.3 Å². The third-order valence-corrected chi connectivity index (χ3v) is 6.42. The normalized spacial score (nSPS) is 12.2. The Hall–Kier alpha value is -2.40. The Kier molecular flexibility index (Phi) is 5.80. The molecule has 27 heavy (non-hydrogen) atoms. The maximum Gasteiger partial charge on any atom is 0.263 e. The van der Waals surface area contributed by atoms with Crippen molar-refractivity contribution in [2.24, 2.45) is 4.99 Å². The fourth-order valence-corrected chi connectivity index (χ4v) is 5.15. The highest BCUT2D eigenvalue weighted by Crippen LogP contribution is 2.21. The zero-order valence-corrected chi connectivity index (χ0v) is 16.5. The van der Waals surface area contributed by atoms with Gasteiger partial charge in [-0.1, -0.05) is 59.2 Å². The Morgan fingerprint density at radius 3 is 2.67 bits per heavy atom. The van der Waals surface area contributed by atoms with E-state index < -0.39 is 21.5 Å². The van der Waals surface area contributed by atoms with Crippen molar-refractivity contribution in [2.75, 3.05) is 5.75 Å². The molecule has 0 aliphatic carbocycles. The third kappa shape index (κ3) is 4.86. The number of nitrogens with zero attached hydrogens (tertiary/aromatic N) is 2. The van der Waals surface area contributed by atoms with Crippen molar-refractivity contribution in [1.29, 1.82) is 0 Å². The Morgan fingerprint density at radius 2 is 1.96 bits per heavy atom. The standard InChI is InChI=1S/C19H15ClN2O3S2/c1-2-10-22-16-9-8-15(20)11-17(16)26-19(22)21-18(23)13-27(24,25)12-14-6-4-3-5-7-14/h1,3-9,11H,10,12-13H2. The van der Waals surface area contributed by atoms with Crippen LogP contribution in [0.2, 0.25) is 5.02 Å². The quantitative estimate of drug-likeness (QED) is 0.598. The van der Waals surface area contributed by atoms with Gasteiger partial charge >= 0.3 is 0 Å². The van der Waals surface area contributed by atoms with Crippen molar-refractivity contribution < 1.29 is 13.2 Å². The van der Waals surface area contributed by atoms with Crippen molar-refractivity contribution in [2.45, 2.75) is 12.3 Å². The maximum atomic E-state index is 12.3. The average Bonchev–Trinajstić information content (AvgIpc) is 2.91. The van der Waals surface area contributed by atoms with Gasteiger partial charge in [-0.3, -0.25) is 4.79 Å². The molecule has 0 bridgehead atoms. The van der Waals surface area contributed by atoms with E-state index in [1.807, 2.05) is 0 Å². The predicted molar refractivity (Wildman–Crippen MR) is 108 cm³/mol. The number of carbonyl (C=O) groups excluding carboxylic acids is 1. The maximum absolute atomic E-state index is 12.3. The molecule has 3 aromatic rings.